The van der Waals surface area contributed by atoms with Gasteiger partial charge in [-0.15, -0.1) is 6.42 Å². The van der Waals surface area contributed by atoms with Crippen molar-refractivity contribution in [2.24, 2.45) is 11.8 Å². The normalized spacial score (nSPS) is 25.9. The van der Waals surface area contributed by atoms with Crippen molar-refractivity contribution in [2.45, 2.75) is 45.1 Å². The Morgan fingerprint density at radius 2 is 2.15 bits per heavy atom. The zero-order valence-electron chi connectivity index (χ0n) is 14.9. The Balaban J connectivity index is 2.80. The van der Waals surface area contributed by atoms with E-state index in [1.165, 1.54) is 0 Å². The first-order valence-corrected chi connectivity index (χ1v) is 9.37. The van der Waals surface area contributed by atoms with Crippen LogP contribution in [0.3, 0.4) is 0 Å². The number of carboxylic acids is 1. The van der Waals surface area contributed by atoms with Crippen molar-refractivity contribution in [3.8, 4) is 12.3 Å². The number of carbonyl (C=O) groups is 2. The molecule has 0 aliphatic heterocycles. The van der Waals surface area contributed by atoms with Gasteiger partial charge >= 0.3 is 12.1 Å². The molecule has 3 atom stereocenters. The third-order valence-corrected chi connectivity index (χ3v) is 5.20. The summed E-state index contributed by atoms with van der Waals surface area (Å²) < 4.78 is 15.3. The van der Waals surface area contributed by atoms with Gasteiger partial charge in [-0.25, -0.2) is 9.59 Å². The predicted molar refractivity (Wildman–Crippen MR) is 106 cm³/mol. The summed E-state index contributed by atoms with van der Waals surface area (Å²) in [6.07, 6.45) is 9.78. The highest BCUT2D eigenvalue weighted by atomic mass is 127. The smallest absolute Gasteiger partial charge is 0.478 e. The number of ether oxygens (including phenoxy) is 2. The first-order valence-electron chi connectivity index (χ1n) is 8.49. The molecule has 1 aliphatic carbocycles. The number of terminal acetylenes is 1. The van der Waals surface area contributed by atoms with Gasteiger partial charge in [-0.2, -0.15) is 0 Å². The summed E-state index contributed by atoms with van der Waals surface area (Å²) >= 11 is 1.88. The van der Waals surface area contributed by atoms with Crippen LogP contribution in [0.15, 0.2) is 23.8 Å². The van der Waals surface area contributed by atoms with Gasteiger partial charge in [-0.3, -0.25) is 0 Å². The average Bonchev–Trinajstić information content (AvgIpc) is 2.62. The largest absolute Gasteiger partial charge is 0.509 e. The molecule has 0 bridgehead atoms. The van der Waals surface area contributed by atoms with Crippen LogP contribution in [0.5, 0.6) is 0 Å². The number of rotatable bonds is 6. The minimum Gasteiger partial charge on any atom is -0.478 e. The molecule has 0 aromatic rings. The molecule has 0 amide bonds. The molecule has 0 heterocycles. The molecule has 1 rings (SSSR count). The van der Waals surface area contributed by atoms with Gasteiger partial charge in [-0.05, 0) is 49.5 Å². The number of carbonyl (C=O) groups excluding carboxylic acids is 1. The van der Waals surface area contributed by atoms with Crippen LogP contribution < -0.4 is 0 Å². The highest BCUT2D eigenvalue weighted by molar-refractivity contribution is 14.1. The van der Waals surface area contributed by atoms with Gasteiger partial charge < -0.3 is 17.6 Å². The van der Waals surface area contributed by atoms with Gasteiger partial charge in [0.1, 0.15) is 29.6 Å². The lowest BCUT2D eigenvalue weighted by atomic mass is 9.82. The van der Waals surface area contributed by atoms with Crippen LogP contribution in [0.2, 0.25) is 0 Å². The lowest BCUT2D eigenvalue weighted by molar-refractivity contribution is -0.133. The number of aliphatic carboxylic acids is 1. The van der Waals surface area contributed by atoms with Crippen LogP contribution in [-0.2, 0) is 17.3 Å². The zero-order valence-corrected chi connectivity index (χ0v) is 17.1. The topological polar surface area (TPSA) is 82.1 Å². The molecular formula is C19H25IO6. The molecule has 6 nitrogen and oxygen atoms in total. The van der Waals surface area contributed by atoms with E-state index in [9.17, 15) is 14.7 Å². The van der Waals surface area contributed by atoms with Gasteiger partial charge in [0, 0.05) is 5.57 Å². The van der Waals surface area contributed by atoms with E-state index in [-0.39, 0.29) is 36.7 Å². The van der Waals surface area contributed by atoms with Gasteiger partial charge in [0.25, 0.3) is 0 Å². The number of hydrogen-bond donors (Lipinski definition) is 1. The van der Waals surface area contributed by atoms with Crippen LogP contribution >= 0.6 is 23.0 Å². The van der Waals surface area contributed by atoms with Crippen LogP contribution in [0.4, 0.5) is 4.79 Å². The van der Waals surface area contributed by atoms with E-state index in [1.54, 1.807) is 0 Å². The molecule has 144 valence electrons. The summed E-state index contributed by atoms with van der Waals surface area (Å²) in [6, 6.07) is 0. The number of carboxylic acid groups (broad SMARTS) is 1. The van der Waals surface area contributed by atoms with Gasteiger partial charge in [0.2, 0.25) is 0 Å². The Hall–Kier alpha value is -1.53. The van der Waals surface area contributed by atoms with E-state index in [0.29, 0.717) is 19.3 Å². The van der Waals surface area contributed by atoms with Crippen molar-refractivity contribution < 1.29 is 27.2 Å². The average molecular weight is 476 g/mol. The third kappa shape index (κ3) is 7.79. The highest BCUT2D eigenvalue weighted by Crippen LogP contribution is 2.31. The fourth-order valence-corrected chi connectivity index (χ4v) is 3.58. The fourth-order valence-electron chi connectivity index (χ4n) is 2.87. The van der Waals surface area contributed by atoms with Crippen molar-refractivity contribution in [3.05, 3.63) is 23.8 Å². The Morgan fingerprint density at radius 1 is 1.42 bits per heavy atom. The fraction of sp³-hybridized carbons (Fsp3) is 0.579. The molecule has 0 radical (unpaired) electrons. The van der Waals surface area contributed by atoms with Crippen molar-refractivity contribution in [2.75, 3.05) is 13.2 Å². The molecule has 0 unspecified atom stereocenters. The molecular weight excluding hydrogens is 451 g/mol. The summed E-state index contributed by atoms with van der Waals surface area (Å²) in [5.74, 6) is 1.27. The maximum atomic E-state index is 11.4. The van der Waals surface area contributed by atoms with E-state index >= 15 is 0 Å². The summed E-state index contributed by atoms with van der Waals surface area (Å²) in [5.41, 5.74) is 1.12. The van der Waals surface area contributed by atoms with Gasteiger partial charge in [-0.1, -0.05) is 25.5 Å². The Bertz CT molecular complexity index is 577. The van der Waals surface area contributed by atoms with Crippen LogP contribution in [0.25, 0.3) is 0 Å². The van der Waals surface area contributed by atoms with E-state index in [0.717, 1.165) is 18.4 Å². The zero-order chi connectivity index (χ0) is 19.5. The van der Waals surface area contributed by atoms with Crippen molar-refractivity contribution in [1.82, 2.24) is 0 Å². The second-order valence-electron chi connectivity index (χ2n) is 6.38. The number of halogens is 1. The first-order chi connectivity index (χ1) is 12.4. The Labute approximate surface area is 168 Å². The highest BCUT2D eigenvalue weighted by Gasteiger charge is 2.27. The molecule has 0 spiro atoms. The second-order valence-corrected chi connectivity index (χ2v) is 6.89. The van der Waals surface area contributed by atoms with Gasteiger partial charge in [0.15, 0.2) is 6.61 Å². The summed E-state index contributed by atoms with van der Waals surface area (Å²) in [4.78, 5) is 22.8. The van der Waals surface area contributed by atoms with Gasteiger partial charge in [0.05, 0.1) is 6.10 Å². The predicted octanol–water partition coefficient (Wildman–Crippen LogP) is 4.29. The summed E-state index contributed by atoms with van der Waals surface area (Å²) in [7, 11) is 0. The monoisotopic (exact) mass is 476 g/mol. The summed E-state index contributed by atoms with van der Waals surface area (Å²) in [6.45, 7) is 5.80. The molecule has 0 aromatic carbocycles. The molecule has 0 saturated heterocycles. The standard InChI is InChI=1S/C19H25IO6/c1-4-10-24-19(23)25-12-15-7-5-6-13(2)17(26-20)11-16(9-8-15)14(3)18(21)22/h1,7,13,16-17H,3,5-6,8-12H2,2H3,(H,21,22)/b15-7+/t13-,16+,17-/m0/s1. The maximum Gasteiger partial charge on any atom is 0.509 e. The van der Waals surface area contributed by atoms with Crippen LogP contribution in [-0.4, -0.2) is 36.5 Å². The van der Waals surface area contributed by atoms with Crippen LogP contribution in [0, 0.1) is 24.2 Å². The van der Waals surface area contributed by atoms with E-state index in [2.05, 4.69) is 24.2 Å². The summed E-state index contributed by atoms with van der Waals surface area (Å²) in [5, 5.41) is 9.31. The first kappa shape index (κ1) is 22.5. The second kappa shape index (κ2) is 12.0. The van der Waals surface area contributed by atoms with Crippen LogP contribution in [0.1, 0.15) is 39.0 Å². The molecule has 0 aromatic heterocycles. The van der Waals surface area contributed by atoms with Crippen molar-refractivity contribution in [1.29, 1.82) is 0 Å². The van der Waals surface area contributed by atoms with E-state index < -0.39 is 12.1 Å². The lowest BCUT2D eigenvalue weighted by Gasteiger charge is -2.27. The van der Waals surface area contributed by atoms with E-state index in [4.69, 9.17) is 14.2 Å². The maximum absolute atomic E-state index is 11.4. The third-order valence-electron chi connectivity index (χ3n) is 4.55. The van der Waals surface area contributed by atoms with Crippen molar-refractivity contribution >= 4 is 35.1 Å². The molecule has 0 saturated carbocycles. The molecule has 7 heteroatoms. The van der Waals surface area contributed by atoms with Crippen molar-refractivity contribution in [3.63, 3.8) is 0 Å². The number of hydrogen-bond acceptors (Lipinski definition) is 5. The Morgan fingerprint density at radius 3 is 2.77 bits per heavy atom. The SMILES string of the molecule is C#CCOC(=O)OC/C1=C/CC[C@H](C)[C@@H](OI)C[C@H](C(=C)C(=O)O)CC1. The molecule has 1 N–H and O–H groups in total. The number of allylic oxidation sites excluding steroid dienone is 1. The Kier molecular flexibility index (Phi) is 10.4. The molecule has 0 fully saturated rings. The quantitative estimate of drug-likeness (QED) is 0.203. The molecule has 1 aliphatic rings. The lowest BCUT2D eigenvalue weighted by Crippen LogP contribution is -2.25. The van der Waals surface area contributed by atoms with E-state index in [1.807, 2.05) is 29.1 Å². The minimum atomic E-state index is -0.994. The minimum absolute atomic E-state index is 0.0263. The molecule has 26 heavy (non-hydrogen) atoms.